The lowest BCUT2D eigenvalue weighted by molar-refractivity contribution is 0.0515. The highest BCUT2D eigenvalue weighted by molar-refractivity contribution is 6.07. The van der Waals surface area contributed by atoms with Crippen LogP contribution in [0.15, 0.2) is 36.4 Å². The lowest BCUT2D eigenvalue weighted by Crippen LogP contribution is -2.33. The summed E-state index contributed by atoms with van der Waals surface area (Å²) in [6, 6.07) is 9.95. The minimum absolute atomic E-state index is 0.0130. The standard InChI is InChI=1S/C24H30N2O6/c1-3-31-24(29)18-8-7-9-20(22(18)23(27)28)25-19-11-10-17(16-21(19)30-2)32-15-14-26-12-5-4-6-13-26/h7-11,16,25H,3-6,12-15H2,1-2H3,(H,27,28). The number of likely N-dealkylation sites (tertiary alicyclic amines) is 1. The highest BCUT2D eigenvalue weighted by atomic mass is 16.5. The van der Waals surface area contributed by atoms with Gasteiger partial charge in [-0.1, -0.05) is 12.5 Å². The van der Waals surface area contributed by atoms with Crippen LogP contribution in [-0.2, 0) is 4.74 Å². The van der Waals surface area contributed by atoms with Gasteiger partial charge in [0, 0.05) is 12.6 Å². The fourth-order valence-corrected chi connectivity index (χ4v) is 3.75. The van der Waals surface area contributed by atoms with Crippen LogP contribution >= 0.6 is 0 Å². The summed E-state index contributed by atoms with van der Waals surface area (Å²) in [6.07, 6.45) is 3.78. The van der Waals surface area contributed by atoms with Crippen molar-refractivity contribution in [3.8, 4) is 11.5 Å². The van der Waals surface area contributed by atoms with Crippen molar-refractivity contribution in [3.63, 3.8) is 0 Å². The molecule has 1 saturated heterocycles. The van der Waals surface area contributed by atoms with E-state index >= 15 is 0 Å². The number of rotatable bonds is 10. The van der Waals surface area contributed by atoms with E-state index in [4.69, 9.17) is 14.2 Å². The molecule has 3 rings (SSSR count). The van der Waals surface area contributed by atoms with Crippen LogP contribution in [0.1, 0.15) is 46.9 Å². The molecular formula is C24H30N2O6. The molecule has 32 heavy (non-hydrogen) atoms. The Morgan fingerprint density at radius 1 is 1.09 bits per heavy atom. The molecule has 2 N–H and O–H groups in total. The number of nitrogens with zero attached hydrogens (tertiary/aromatic N) is 1. The molecule has 1 aliphatic rings. The number of hydrogen-bond donors (Lipinski definition) is 2. The normalized spacial score (nSPS) is 13.9. The number of methoxy groups -OCH3 is 1. The Hall–Kier alpha value is -3.26. The Labute approximate surface area is 188 Å². The van der Waals surface area contributed by atoms with Crippen LogP contribution in [0.3, 0.4) is 0 Å². The van der Waals surface area contributed by atoms with Gasteiger partial charge in [-0.05, 0) is 57.1 Å². The van der Waals surface area contributed by atoms with Crippen LogP contribution in [-0.4, -0.2) is 61.9 Å². The van der Waals surface area contributed by atoms with E-state index in [1.165, 1.54) is 32.4 Å². The Morgan fingerprint density at radius 3 is 2.56 bits per heavy atom. The van der Waals surface area contributed by atoms with Crippen molar-refractivity contribution in [2.45, 2.75) is 26.2 Å². The number of ether oxygens (including phenoxy) is 3. The fourth-order valence-electron chi connectivity index (χ4n) is 3.75. The van der Waals surface area contributed by atoms with E-state index in [0.29, 0.717) is 23.8 Å². The molecule has 1 aliphatic heterocycles. The maximum atomic E-state index is 12.2. The van der Waals surface area contributed by atoms with E-state index in [9.17, 15) is 14.7 Å². The van der Waals surface area contributed by atoms with Gasteiger partial charge in [-0.2, -0.15) is 0 Å². The van der Waals surface area contributed by atoms with Gasteiger partial charge in [0.2, 0.25) is 0 Å². The van der Waals surface area contributed by atoms with Crippen LogP contribution < -0.4 is 14.8 Å². The van der Waals surface area contributed by atoms with Crippen LogP contribution in [0.25, 0.3) is 0 Å². The molecule has 8 nitrogen and oxygen atoms in total. The van der Waals surface area contributed by atoms with Gasteiger partial charge in [0.05, 0.1) is 36.2 Å². The lowest BCUT2D eigenvalue weighted by atomic mass is 10.0. The summed E-state index contributed by atoms with van der Waals surface area (Å²) in [5.74, 6) is -0.743. The van der Waals surface area contributed by atoms with E-state index in [1.807, 2.05) is 0 Å². The third kappa shape index (κ3) is 5.91. The Bertz CT molecular complexity index is 940. The second-order valence-corrected chi connectivity index (χ2v) is 7.49. The minimum Gasteiger partial charge on any atom is -0.494 e. The number of anilines is 2. The highest BCUT2D eigenvalue weighted by Gasteiger charge is 2.22. The predicted molar refractivity (Wildman–Crippen MR) is 121 cm³/mol. The van der Waals surface area contributed by atoms with Crippen molar-refractivity contribution in [2.75, 3.05) is 45.3 Å². The zero-order valence-electron chi connectivity index (χ0n) is 18.6. The molecule has 0 bridgehead atoms. The molecule has 2 aromatic carbocycles. The molecule has 0 saturated carbocycles. The van der Waals surface area contributed by atoms with Gasteiger partial charge in [-0.15, -0.1) is 0 Å². The summed E-state index contributed by atoms with van der Waals surface area (Å²) < 4.78 is 16.4. The molecule has 0 radical (unpaired) electrons. The van der Waals surface area contributed by atoms with E-state index in [0.717, 1.165) is 19.6 Å². The Balaban J connectivity index is 1.75. The van der Waals surface area contributed by atoms with E-state index < -0.39 is 11.9 Å². The lowest BCUT2D eigenvalue weighted by Gasteiger charge is -2.26. The van der Waals surface area contributed by atoms with Crippen molar-refractivity contribution >= 4 is 23.3 Å². The van der Waals surface area contributed by atoms with Crippen molar-refractivity contribution in [2.24, 2.45) is 0 Å². The molecule has 0 unspecified atom stereocenters. The molecule has 0 aliphatic carbocycles. The molecule has 8 heteroatoms. The first kappa shape index (κ1) is 23.4. The summed E-state index contributed by atoms with van der Waals surface area (Å²) in [5, 5.41) is 12.8. The third-order valence-corrected chi connectivity index (χ3v) is 5.34. The second kappa shape index (κ2) is 11.4. The maximum Gasteiger partial charge on any atom is 0.339 e. The SMILES string of the molecule is CCOC(=O)c1cccc(Nc2ccc(OCCN3CCCCC3)cc2OC)c1C(=O)O. The van der Waals surface area contributed by atoms with Gasteiger partial charge in [-0.3, -0.25) is 4.90 Å². The summed E-state index contributed by atoms with van der Waals surface area (Å²) in [4.78, 5) is 26.5. The van der Waals surface area contributed by atoms with Gasteiger partial charge in [-0.25, -0.2) is 9.59 Å². The van der Waals surface area contributed by atoms with E-state index in [1.54, 1.807) is 37.3 Å². The molecule has 172 valence electrons. The Morgan fingerprint density at radius 2 is 1.88 bits per heavy atom. The topological polar surface area (TPSA) is 97.3 Å². The molecular weight excluding hydrogens is 412 g/mol. The first-order chi connectivity index (χ1) is 15.5. The molecule has 2 aromatic rings. The quantitative estimate of drug-likeness (QED) is 0.529. The van der Waals surface area contributed by atoms with E-state index in [2.05, 4.69) is 10.2 Å². The van der Waals surface area contributed by atoms with Gasteiger partial charge < -0.3 is 24.6 Å². The maximum absolute atomic E-state index is 12.2. The zero-order valence-corrected chi connectivity index (χ0v) is 18.6. The smallest absolute Gasteiger partial charge is 0.339 e. The highest BCUT2D eigenvalue weighted by Crippen LogP contribution is 2.33. The number of carboxylic acid groups (broad SMARTS) is 1. The van der Waals surface area contributed by atoms with E-state index in [-0.39, 0.29) is 23.4 Å². The van der Waals surface area contributed by atoms with Crippen LogP contribution in [0.4, 0.5) is 11.4 Å². The van der Waals surface area contributed by atoms with Gasteiger partial charge in [0.1, 0.15) is 18.1 Å². The molecule has 0 amide bonds. The summed E-state index contributed by atoms with van der Waals surface area (Å²) >= 11 is 0. The van der Waals surface area contributed by atoms with Crippen molar-refractivity contribution in [3.05, 3.63) is 47.5 Å². The number of esters is 1. The monoisotopic (exact) mass is 442 g/mol. The first-order valence-corrected chi connectivity index (χ1v) is 10.9. The molecule has 0 aromatic heterocycles. The summed E-state index contributed by atoms with van der Waals surface area (Å²) in [7, 11) is 1.53. The van der Waals surface area contributed by atoms with Crippen LogP contribution in [0.5, 0.6) is 11.5 Å². The van der Waals surface area contributed by atoms with Crippen LogP contribution in [0, 0.1) is 0 Å². The minimum atomic E-state index is -1.23. The average molecular weight is 443 g/mol. The van der Waals surface area contributed by atoms with Gasteiger partial charge in [0.15, 0.2) is 0 Å². The predicted octanol–water partition coefficient (Wildman–Crippen LogP) is 4.18. The van der Waals surface area contributed by atoms with Gasteiger partial charge in [0.25, 0.3) is 0 Å². The summed E-state index contributed by atoms with van der Waals surface area (Å²) in [5.41, 5.74) is 0.648. The molecule has 1 fully saturated rings. The van der Waals surface area contributed by atoms with Crippen molar-refractivity contribution < 1.29 is 28.9 Å². The second-order valence-electron chi connectivity index (χ2n) is 7.49. The number of carbonyl (C=O) groups is 2. The third-order valence-electron chi connectivity index (χ3n) is 5.34. The number of aromatic carboxylic acids is 1. The number of carboxylic acids is 1. The fraction of sp³-hybridized carbons (Fsp3) is 0.417. The largest absolute Gasteiger partial charge is 0.494 e. The Kier molecular flexibility index (Phi) is 8.33. The molecule has 1 heterocycles. The van der Waals surface area contributed by atoms with Gasteiger partial charge >= 0.3 is 11.9 Å². The average Bonchev–Trinajstić information content (AvgIpc) is 2.80. The number of piperidine rings is 1. The van der Waals surface area contributed by atoms with Crippen molar-refractivity contribution in [1.82, 2.24) is 4.90 Å². The zero-order chi connectivity index (χ0) is 22.9. The van der Waals surface area contributed by atoms with Crippen LogP contribution in [0.2, 0.25) is 0 Å². The first-order valence-electron chi connectivity index (χ1n) is 10.9. The number of carbonyl (C=O) groups excluding carboxylic acids is 1. The number of nitrogens with one attached hydrogen (secondary N) is 1. The number of hydrogen-bond acceptors (Lipinski definition) is 7. The number of benzene rings is 2. The molecule has 0 atom stereocenters. The van der Waals surface area contributed by atoms with Crippen molar-refractivity contribution in [1.29, 1.82) is 0 Å². The molecule has 0 spiro atoms. The summed E-state index contributed by atoms with van der Waals surface area (Å²) in [6.45, 7) is 5.52.